The zero-order valence-corrected chi connectivity index (χ0v) is 10.0. The molecule has 1 atom stereocenters. The van der Waals surface area contributed by atoms with E-state index in [1.807, 2.05) is 12.1 Å². The number of hydrogen-bond acceptors (Lipinski definition) is 4. The first-order chi connectivity index (χ1) is 8.20. The summed E-state index contributed by atoms with van der Waals surface area (Å²) in [5.41, 5.74) is 5.97. The van der Waals surface area contributed by atoms with E-state index in [0.717, 1.165) is 31.7 Å². The number of rotatable bonds is 3. The molecule has 0 spiro atoms. The van der Waals surface area contributed by atoms with E-state index in [2.05, 4.69) is 9.88 Å². The summed E-state index contributed by atoms with van der Waals surface area (Å²) in [6.45, 7) is 1.83. The van der Waals surface area contributed by atoms with Gasteiger partial charge in [0.15, 0.2) is 0 Å². The maximum absolute atomic E-state index is 7.39. The van der Waals surface area contributed by atoms with E-state index in [0.29, 0.717) is 5.69 Å². The number of amidine groups is 1. The molecule has 1 aliphatic rings. The van der Waals surface area contributed by atoms with Crippen molar-refractivity contribution in [3.8, 4) is 0 Å². The van der Waals surface area contributed by atoms with Gasteiger partial charge in [0.1, 0.15) is 17.3 Å². The van der Waals surface area contributed by atoms with Gasteiger partial charge in [-0.3, -0.25) is 5.41 Å². The summed E-state index contributed by atoms with van der Waals surface area (Å²) >= 11 is 0. The number of nitrogens with zero attached hydrogens (tertiary/aromatic N) is 2. The molecule has 2 rings (SSSR count). The third-order valence-corrected chi connectivity index (χ3v) is 3.05. The molecule has 0 amide bonds. The summed E-state index contributed by atoms with van der Waals surface area (Å²) in [7, 11) is 1.74. The van der Waals surface area contributed by atoms with E-state index in [1.165, 1.54) is 0 Å². The monoisotopic (exact) mass is 234 g/mol. The minimum Gasteiger partial charge on any atom is -0.382 e. The molecular weight excluding hydrogens is 216 g/mol. The van der Waals surface area contributed by atoms with Crippen LogP contribution in [0, 0.1) is 5.41 Å². The molecular formula is C12H18N4O. The number of methoxy groups -OCH3 is 1. The summed E-state index contributed by atoms with van der Waals surface area (Å²) in [6.07, 6.45) is 2.47. The second-order valence-corrected chi connectivity index (χ2v) is 4.24. The quantitative estimate of drug-likeness (QED) is 0.604. The topological polar surface area (TPSA) is 75.2 Å². The molecule has 1 unspecified atom stereocenters. The molecule has 0 radical (unpaired) electrons. The molecule has 5 heteroatoms. The third kappa shape index (κ3) is 2.74. The molecule has 1 saturated heterocycles. The summed E-state index contributed by atoms with van der Waals surface area (Å²) < 4.78 is 5.38. The number of anilines is 1. The van der Waals surface area contributed by atoms with Crippen LogP contribution < -0.4 is 10.6 Å². The number of nitrogen functional groups attached to an aromatic ring is 1. The van der Waals surface area contributed by atoms with Crippen molar-refractivity contribution in [2.24, 2.45) is 5.73 Å². The van der Waals surface area contributed by atoms with E-state index >= 15 is 0 Å². The lowest BCUT2D eigenvalue weighted by atomic mass is 10.1. The molecule has 17 heavy (non-hydrogen) atoms. The van der Waals surface area contributed by atoms with Gasteiger partial charge in [0.05, 0.1) is 6.10 Å². The van der Waals surface area contributed by atoms with Crippen molar-refractivity contribution in [3.63, 3.8) is 0 Å². The van der Waals surface area contributed by atoms with Gasteiger partial charge in [0.2, 0.25) is 0 Å². The van der Waals surface area contributed by atoms with Crippen LogP contribution in [-0.2, 0) is 4.74 Å². The number of pyridine rings is 1. The van der Waals surface area contributed by atoms with Crippen molar-refractivity contribution in [3.05, 3.63) is 23.9 Å². The lowest BCUT2D eigenvalue weighted by Gasteiger charge is -2.32. The van der Waals surface area contributed by atoms with Crippen LogP contribution >= 0.6 is 0 Å². The number of nitrogens with one attached hydrogen (secondary N) is 1. The van der Waals surface area contributed by atoms with Crippen molar-refractivity contribution in [1.29, 1.82) is 5.41 Å². The second-order valence-electron chi connectivity index (χ2n) is 4.24. The molecule has 0 saturated carbocycles. The van der Waals surface area contributed by atoms with Crippen LogP contribution in [0.15, 0.2) is 18.2 Å². The SMILES string of the molecule is COC1CCCN(c2cccc(C(=N)N)n2)C1. The van der Waals surface area contributed by atoms with Crippen LogP contribution in [0.5, 0.6) is 0 Å². The number of hydrogen-bond donors (Lipinski definition) is 2. The standard InChI is InChI=1S/C12H18N4O/c1-17-9-4-3-7-16(8-9)11-6-2-5-10(15-11)12(13)14/h2,5-6,9H,3-4,7-8H2,1H3,(H3,13,14). The van der Waals surface area contributed by atoms with Crippen molar-refractivity contribution in [2.75, 3.05) is 25.1 Å². The molecule has 3 N–H and O–H groups in total. The molecule has 0 bridgehead atoms. The molecule has 1 fully saturated rings. The molecule has 1 aliphatic heterocycles. The van der Waals surface area contributed by atoms with E-state index < -0.39 is 0 Å². The van der Waals surface area contributed by atoms with Gasteiger partial charge in [0.25, 0.3) is 0 Å². The van der Waals surface area contributed by atoms with Crippen LogP contribution in [0.2, 0.25) is 0 Å². The third-order valence-electron chi connectivity index (χ3n) is 3.05. The highest BCUT2D eigenvalue weighted by Gasteiger charge is 2.20. The normalized spacial score (nSPS) is 20.3. The first-order valence-electron chi connectivity index (χ1n) is 5.80. The van der Waals surface area contributed by atoms with Crippen LogP contribution in [0.1, 0.15) is 18.5 Å². The fourth-order valence-electron chi connectivity index (χ4n) is 2.09. The van der Waals surface area contributed by atoms with Crippen molar-refractivity contribution >= 4 is 11.7 Å². The smallest absolute Gasteiger partial charge is 0.141 e. The van der Waals surface area contributed by atoms with Crippen molar-refractivity contribution in [1.82, 2.24) is 4.98 Å². The minimum atomic E-state index is 0.00662. The largest absolute Gasteiger partial charge is 0.382 e. The zero-order valence-electron chi connectivity index (χ0n) is 10.0. The summed E-state index contributed by atoms with van der Waals surface area (Å²) in [5, 5.41) is 7.39. The van der Waals surface area contributed by atoms with E-state index in [4.69, 9.17) is 15.9 Å². The first-order valence-corrected chi connectivity index (χ1v) is 5.80. The van der Waals surface area contributed by atoms with Crippen molar-refractivity contribution in [2.45, 2.75) is 18.9 Å². The summed E-state index contributed by atoms with van der Waals surface area (Å²) in [4.78, 5) is 6.57. The molecule has 5 nitrogen and oxygen atoms in total. The summed E-state index contributed by atoms with van der Waals surface area (Å²) in [6, 6.07) is 5.59. The van der Waals surface area contributed by atoms with E-state index in [-0.39, 0.29) is 11.9 Å². The Kier molecular flexibility index (Phi) is 3.58. The number of nitrogens with two attached hydrogens (primary N) is 1. The highest BCUT2D eigenvalue weighted by atomic mass is 16.5. The van der Waals surface area contributed by atoms with Gasteiger partial charge in [0, 0.05) is 20.2 Å². The Balaban J connectivity index is 2.16. The van der Waals surface area contributed by atoms with Gasteiger partial charge in [-0.2, -0.15) is 0 Å². The molecule has 0 aromatic carbocycles. The Morgan fingerprint density at radius 3 is 3.12 bits per heavy atom. The van der Waals surface area contributed by atoms with Gasteiger partial charge < -0.3 is 15.4 Å². The second kappa shape index (κ2) is 5.14. The van der Waals surface area contributed by atoms with Crippen LogP contribution in [-0.4, -0.2) is 37.1 Å². The predicted molar refractivity (Wildman–Crippen MR) is 67.5 cm³/mol. The fraction of sp³-hybridized carbons (Fsp3) is 0.500. The molecule has 2 heterocycles. The Bertz CT molecular complexity index is 407. The Hall–Kier alpha value is -1.62. The van der Waals surface area contributed by atoms with Gasteiger partial charge in [-0.1, -0.05) is 6.07 Å². The zero-order chi connectivity index (χ0) is 12.3. The minimum absolute atomic E-state index is 0.00662. The molecule has 92 valence electrons. The highest BCUT2D eigenvalue weighted by Crippen LogP contribution is 2.19. The Labute approximate surface area is 101 Å². The number of aromatic nitrogens is 1. The average Bonchev–Trinajstić information content (AvgIpc) is 2.39. The Morgan fingerprint density at radius 1 is 1.59 bits per heavy atom. The molecule has 0 aliphatic carbocycles. The Morgan fingerprint density at radius 2 is 2.41 bits per heavy atom. The van der Waals surface area contributed by atoms with E-state index in [9.17, 15) is 0 Å². The van der Waals surface area contributed by atoms with E-state index in [1.54, 1.807) is 13.2 Å². The molecule has 1 aromatic rings. The fourth-order valence-corrected chi connectivity index (χ4v) is 2.09. The van der Waals surface area contributed by atoms with Crippen LogP contribution in [0.25, 0.3) is 0 Å². The maximum atomic E-state index is 7.39. The van der Waals surface area contributed by atoms with Crippen LogP contribution in [0.4, 0.5) is 5.82 Å². The van der Waals surface area contributed by atoms with Gasteiger partial charge in [-0.05, 0) is 25.0 Å². The lowest BCUT2D eigenvalue weighted by Crippen LogP contribution is -2.39. The molecule has 1 aromatic heterocycles. The lowest BCUT2D eigenvalue weighted by molar-refractivity contribution is 0.0891. The number of piperidine rings is 1. The number of ether oxygens (including phenoxy) is 1. The average molecular weight is 234 g/mol. The predicted octanol–water partition coefficient (Wildman–Crippen LogP) is 0.981. The maximum Gasteiger partial charge on any atom is 0.141 e. The van der Waals surface area contributed by atoms with Crippen LogP contribution in [0.3, 0.4) is 0 Å². The summed E-state index contributed by atoms with van der Waals surface area (Å²) in [5.74, 6) is 0.881. The first kappa shape index (κ1) is 11.9. The highest BCUT2D eigenvalue weighted by molar-refractivity contribution is 5.93. The van der Waals surface area contributed by atoms with Crippen molar-refractivity contribution < 1.29 is 4.74 Å². The van der Waals surface area contributed by atoms with Gasteiger partial charge >= 0.3 is 0 Å². The van der Waals surface area contributed by atoms with Gasteiger partial charge in [-0.25, -0.2) is 4.98 Å². The van der Waals surface area contributed by atoms with Gasteiger partial charge in [-0.15, -0.1) is 0 Å².